The summed E-state index contributed by atoms with van der Waals surface area (Å²) in [4.78, 5) is 26.0. The average Bonchev–Trinajstić information content (AvgIpc) is 3.00. The second-order valence-corrected chi connectivity index (χ2v) is 8.20. The van der Waals surface area contributed by atoms with E-state index in [1.54, 1.807) is 43.3 Å². The molecule has 162 valence electrons. The second-order valence-electron chi connectivity index (χ2n) is 6.53. The fourth-order valence-corrected chi connectivity index (χ4v) is 4.21. The highest BCUT2D eigenvalue weighted by Gasteiger charge is 2.33. The summed E-state index contributed by atoms with van der Waals surface area (Å²) in [6, 6.07) is 11.4. The highest BCUT2D eigenvalue weighted by Crippen LogP contribution is 2.38. The Morgan fingerprint density at radius 1 is 1.23 bits per heavy atom. The van der Waals surface area contributed by atoms with E-state index in [1.807, 2.05) is 6.92 Å². The third kappa shape index (κ3) is 5.18. The number of amides is 1. The van der Waals surface area contributed by atoms with Crippen LogP contribution >= 0.6 is 24.0 Å². The second kappa shape index (κ2) is 9.84. The third-order valence-corrected chi connectivity index (χ3v) is 5.66. The molecule has 2 N–H and O–H groups in total. The average molecular weight is 460 g/mol. The maximum Gasteiger partial charge on any atom is 0.344 e. The molecule has 0 bridgehead atoms. The van der Waals surface area contributed by atoms with Crippen LogP contribution in [0, 0.1) is 0 Å². The van der Waals surface area contributed by atoms with Crippen molar-refractivity contribution in [3.8, 4) is 17.2 Å². The Bertz CT molecular complexity index is 1050. The summed E-state index contributed by atoms with van der Waals surface area (Å²) in [6.07, 6.45) is 1.01. The van der Waals surface area contributed by atoms with Crippen LogP contribution in [0.2, 0.25) is 0 Å². The lowest BCUT2D eigenvalue weighted by Crippen LogP contribution is -2.27. The number of aromatic hydroxyl groups is 1. The largest absolute Gasteiger partial charge is 0.508 e. The first-order valence-corrected chi connectivity index (χ1v) is 10.8. The number of benzene rings is 2. The van der Waals surface area contributed by atoms with Gasteiger partial charge in [0.05, 0.1) is 17.2 Å². The summed E-state index contributed by atoms with van der Waals surface area (Å²) in [6.45, 7) is 3.90. The number of carbonyl (C=O) groups is 2. The first kappa shape index (κ1) is 22.6. The van der Waals surface area contributed by atoms with Crippen molar-refractivity contribution in [3.05, 3.63) is 52.9 Å². The molecule has 1 amide bonds. The lowest BCUT2D eigenvalue weighted by molar-refractivity contribution is -0.145. The van der Waals surface area contributed by atoms with Gasteiger partial charge in [0, 0.05) is 6.07 Å². The molecule has 1 saturated heterocycles. The van der Waals surface area contributed by atoms with Crippen LogP contribution in [0.25, 0.3) is 6.08 Å². The minimum atomic E-state index is -1.05. The third-order valence-electron chi connectivity index (χ3n) is 4.36. The Kier molecular flexibility index (Phi) is 7.19. The summed E-state index contributed by atoms with van der Waals surface area (Å²) >= 11 is 6.51. The monoisotopic (exact) mass is 459 g/mol. The highest BCUT2D eigenvalue weighted by atomic mass is 32.2. The van der Waals surface area contributed by atoms with E-state index in [-0.39, 0.29) is 11.7 Å². The number of phenolic OH excluding ortho intramolecular Hbond substituents is 1. The number of hydrogen-bond acceptors (Lipinski definition) is 7. The fraction of sp³-hybridized carbons (Fsp3) is 0.227. The standard InChI is InChI=1S/C22H21NO6S2/c1-3-16(21(26)27)29-17-9-8-13(10-18(17)28-4-2)11-19-20(25)23(22(30)31-19)14-6-5-7-15(24)12-14/h5-12,16,24H,3-4H2,1-2H3,(H,26,27)/b19-11+. The molecule has 0 aliphatic carbocycles. The summed E-state index contributed by atoms with van der Waals surface area (Å²) in [5.41, 5.74) is 1.17. The minimum absolute atomic E-state index is 0.0409. The topological polar surface area (TPSA) is 96.3 Å². The summed E-state index contributed by atoms with van der Waals surface area (Å²) < 4.78 is 11.6. The lowest BCUT2D eigenvalue weighted by atomic mass is 10.1. The SMILES string of the molecule is CCOc1cc(/C=C2/SC(=S)N(c3cccc(O)c3)C2=O)ccc1OC(CC)C(=O)O. The minimum Gasteiger partial charge on any atom is -0.508 e. The number of anilines is 1. The number of hydrogen-bond donors (Lipinski definition) is 2. The predicted molar refractivity (Wildman–Crippen MR) is 124 cm³/mol. The van der Waals surface area contributed by atoms with E-state index in [0.717, 1.165) is 11.8 Å². The van der Waals surface area contributed by atoms with Crippen LogP contribution < -0.4 is 14.4 Å². The van der Waals surface area contributed by atoms with E-state index in [1.165, 1.54) is 17.0 Å². The van der Waals surface area contributed by atoms with E-state index >= 15 is 0 Å². The van der Waals surface area contributed by atoms with E-state index in [0.29, 0.717) is 45.0 Å². The van der Waals surface area contributed by atoms with Gasteiger partial charge in [-0.2, -0.15) is 0 Å². The molecule has 7 nitrogen and oxygen atoms in total. The van der Waals surface area contributed by atoms with Gasteiger partial charge in [-0.15, -0.1) is 0 Å². The van der Waals surface area contributed by atoms with Crippen LogP contribution in [0.5, 0.6) is 17.2 Å². The van der Waals surface area contributed by atoms with Crippen molar-refractivity contribution >= 4 is 51.9 Å². The van der Waals surface area contributed by atoms with Gasteiger partial charge in [-0.1, -0.05) is 43.0 Å². The molecule has 1 heterocycles. The Morgan fingerprint density at radius 2 is 2.00 bits per heavy atom. The fourth-order valence-electron chi connectivity index (χ4n) is 2.92. The molecule has 2 aromatic carbocycles. The smallest absolute Gasteiger partial charge is 0.344 e. The summed E-state index contributed by atoms with van der Waals surface area (Å²) in [5.74, 6) is -0.598. The summed E-state index contributed by atoms with van der Waals surface area (Å²) in [7, 11) is 0. The van der Waals surface area contributed by atoms with Crippen molar-refractivity contribution in [3.63, 3.8) is 0 Å². The van der Waals surface area contributed by atoms with Gasteiger partial charge in [-0.25, -0.2) is 4.79 Å². The molecular weight excluding hydrogens is 438 g/mol. The molecule has 1 atom stereocenters. The number of carboxylic acid groups (broad SMARTS) is 1. The van der Waals surface area contributed by atoms with E-state index in [2.05, 4.69) is 0 Å². The molecule has 9 heteroatoms. The van der Waals surface area contributed by atoms with Crippen molar-refractivity contribution in [2.75, 3.05) is 11.5 Å². The van der Waals surface area contributed by atoms with Crippen molar-refractivity contribution in [1.82, 2.24) is 0 Å². The van der Waals surface area contributed by atoms with Crippen LogP contribution in [-0.4, -0.2) is 39.1 Å². The number of rotatable bonds is 8. The molecule has 1 aliphatic heterocycles. The quantitative estimate of drug-likeness (QED) is 0.442. The Balaban J connectivity index is 1.89. The molecule has 1 fully saturated rings. The zero-order valence-corrected chi connectivity index (χ0v) is 18.5. The number of nitrogens with zero attached hydrogens (tertiary/aromatic N) is 1. The van der Waals surface area contributed by atoms with Gasteiger partial charge < -0.3 is 19.7 Å². The molecule has 2 aromatic rings. The molecule has 31 heavy (non-hydrogen) atoms. The molecule has 3 rings (SSSR count). The Morgan fingerprint density at radius 3 is 2.65 bits per heavy atom. The summed E-state index contributed by atoms with van der Waals surface area (Å²) in [5, 5.41) is 18.9. The molecule has 0 spiro atoms. The number of carboxylic acids is 1. The maximum absolute atomic E-state index is 12.9. The van der Waals surface area contributed by atoms with Crippen LogP contribution in [0.3, 0.4) is 0 Å². The molecule has 0 aromatic heterocycles. The molecule has 0 radical (unpaired) electrons. The first-order chi connectivity index (χ1) is 14.8. The van der Waals surface area contributed by atoms with Gasteiger partial charge in [-0.3, -0.25) is 9.69 Å². The van der Waals surface area contributed by atoms with E-state index in [9.17, 15) is 19.8 Å². The maximum atomic E-state index is 12.9. The van der Waals surface area contributed by atoms with Gasteiger partial charge >= 0.3 is 5.97 Å². The number of ether oxygens (including phenoxy) is 2. The van der Waals surface area contributed by atoms with Crippen molar-refractivity contribution in [2.24, 2.45) is 0 Å². The zero-order chi connectivity index (χ0) is 22.5. The number of thioether (sulfide) groups is 1. The van der Waals surface area contributed by atoms with Gasteiger partial charge in [0.1, 0.15) is 5.75 Å². The van der Waals surface area contributed by atoms with Gasteiger partial charge in [-0.05, 0) is 49.2 Å². The Labute approximate surface area is 189 Å². The van der Waals surface area contributed by atoms with E-state index in [4.69, 9.17) is 21.7 Å². The predicted octanol–water partition coefficient (Wildman–Crippen LogP) is 4.44. The van der Waals surface area contributed by atoms with Crippen molar-refractivity contribution in [2.45, 2.75) is 26.4 Å². The van der Waals surface area contributed by atoms with Gasteiger partial charge in [0.25, 0.3) is 5.91 Å². The van der Waals surface area contributed by atoms with Crippen LogP contribution in [0.1, 0.15) is 25.8 Å². The van der Waals surface area contributed by atoms with Gasteiger partial charge in [0.15, 0.2) is 21.9 Å². The Hall–Kier alpha value is -3.04. The first-order valence-electron chi connectivity index (χ1n) is 9.57. The molecule has 0 saturated carbocycles. The van der Waals surface area contributed by atoms with Crippen LogP contribution in [-0.2, 0) is 9.59 Å². The van der Waals surface area contributed by atoms with E-state index < -0.39 is 12.1 Å². The molecule has 1 aliphatic rings. The molecular formula is C22H21NO6S2. The highest BCUT2D eigenvalue weighted by molar-refractivity contribution is 8.27. The van der Waals surface area contributed by atoms with Gasteiger partial charge in [0.2, 0.25) is 0 Å². The normalized spacial score (nSPS) is 15.9. The number of carbonyl (C=O) groups excluding carboxylic acids is 1. The van der Waals surface area contributed by atoms with Crippen molar-refractivity contribution < 1.29 is 29.3 Å². The zero-order valence-electron chi connectivity index (χ0n) is 16.9. The molecule has 1 unspecified atom stereocenters. The number of phenols is 1. The number of aliphatic carboxylic acids is 1. The van der Waals surface area contributed by atoms with Crippen molar-refractivity contribution in [1.29, 1.82) is 0 Å². The number of thiocarbonyl (C=S) groups is 1. The van der Waals surface area contributed by atoms with Crippen LogP contribution in [0.4, 0.5) is 5.69 Å². The lowest BCUT2D eigenvalue weighted by Gasteiger charge is -2.17. The van der Waals surface area contributed by atoms with Crippen LogP contribution in [0.15, 0.2) is 47.4 Å².